The number of anilines is 1. The number of halogens is 1. The molecule has 0 saturated carbocycles. The number of nitrogens with zero attached hydrogens (tertiary/aromatic N) is 6. The van der Waals surface area contributed by atoms with Gasteiger partial charge in [0.2, 0.25) is 5.91 Å². The number of hydrogen-bond donors (Lipinski definition) is 0. The van der Waals surface area contributed by atoms with Crippen LogP contribution in [0.5, 0.6) is 0 Å². The maximum atomic E-state index is 14.4. The summed E-state index contributed by atoms with van der Waals surface area (Å²) in [6.07, 6.45) is 4.02. The number of piperazine rings is 1. The van der Waals surface area contributed by atoms with Crippen molar-refractivity contribution in [3.8, 4) is 0 Å². The lowest BCUT2D eigenvalue weighted by Crippen LogP contribution is -2.64. The number of carbonyl (C=O) groups excluding carboxylic acids is 2. The molecule has 10 nitrogen and oxygen atoms in total. The summed E-state index contributed by atoms with van der Waals surface area (Å²) in [6, 6.07) is 8.71. The van der Waals surface area contributed by atoms with Crippen LogP contribution in [0.4, 0.5) is 14.9 Å². The SMILES string of the molecule is C[C@@H]1COCCN1C[C@H]1CN(C(=O)OC(C)(C)C)[C@H](C)CN1CC(=O)N1CC(C)(C)c2c1cc(Cc1ccc(F)cc1)c1nccn21. The third-order valence-electron chi connectivity index (χ3n) is 9.69. The highest BCUT2D eigenvalue weighted by molar-refractivity contribution is 5.98. The first-order valence-corrected chi connectivity index (χ1v) is 16.8. The molecule has 2 saturated heterocycles. The molecule has 0 bridgehead atoms. The molecule has 254 valence electrons. The Kier molecular flexibility index (Phi) is 9.10. The highest BCUT2D eigenvalue weighted by Gasteiger charge is 2.43. The van der Waals surface area contributed by atoms with E-state index in [9.17, 15) is 14.0 Å². The minimum atomic E-state index is -0.593. The average Bonchev–Trinajstić information content (AvgIpc) is 3.58. The minimum Gasteiger partial charge on any atom is -0.444 e. The van der Waals surface area contributed by atoms with Gasteiger partial charge in [0.25, 0.3) is 0 Å². The highest BCUT2D eigenvalue weighted by Crippen LogP contribution is 2.42. The zero-order valence-electron chi connectivity index (χ0n) is 28.8. The fourth-order valence-electron chi connectivity index (χ4n) is 7.37. The van der Waals surface area contributed by atoms with Crippen molar-refractivity contribution in [2.24, 2.45) is 0 Å². The van der Waals surface area contributed by atoms with Crippen molar-refractivity contribution in [1.82, 2.24) is 24.1 Å². The van der Waals surface area contributed by atoms with Crippen LogP contribution in [0.3, 0.4) is 0 Å². The largest absolute Gasteiger partial charge is 0.444 e. The molecule has 3 aliphatic heterocycles. The molecule has 0 unspecified atom stereocenters. The molecule has 2 aromatic heterocycles. The van der Waals surface area contributed by atoms with E-state index in [0.29, 0.717) is 39.3 Å². The molecule has 0 N–H and O–H groups in total. The number of hydrogen-bond acceptors (Lipinski definition) is 7. The molecule has 3 aromatic rings. The topological polar surface area (TPSA) is 82.9 Å². The van der Waals surface area contributed by atoms with E-state index in [1.54, 1.807) is 18.3 Å². The van der Waals surface area contributed by atoms with Crippen LogP contribution in [0.25, 0.3) is 5.65 Å². The number of ether oxygens (including phenoxy) is 2. The molecule has 0 spiro atoms. The van der Waals surface area contributed by atoms with Crippen molar-refractivity contribution >= 4 is 23.3 Å². The Hall–Kier alpha value is -3.54. The minimum absolute atomic E-state index is 0.0296. The summed E-state index contributed by atoms with van der Waals surface area (Å²) >= 11 is 0. The third kappa shape index (κ3) is 7.03. The van der Waals surface area contributed by atoms with Crippen molar-refractivity contribution in [1.29, 1.82) is 0 Å². The quantitative estimate of drug-likeness (QED) is 0.383. The molecular formula is C36H49FN6O4. The molecule has 2 amide bonds. The summed E-state index contributed by atoms with van der Waals surface area (Å²) in [6.45, 7) is 18.9. The fraction of sp³-hybridized carbons (Fsp3) is 0.583. The Morgan fingerprint density at radius 2 is 1.83 bits per heavy atom. The Morgan fingerprint density at radius 3 is 2.53 bits per heavy atom. The van der Waals surface area contributed by atoms with Gasteiger partial charge in [0, 0.05) is 80.6 Å². The van der Waals surface area contributed by atoms with E-state index in [-0.39, 0.29) is 47.9 Å². The first kappa shape index (κ1) is 33.4. The maximum absolute atomic E-state index is 14.4. The van der Waals surface area contributed by atoms with E-state index < -0.39 is 5.60 Å². The summed E-state index contributed by atoms with van der Waals surface area (Å²) in [5, 5.41) is 0. The molecular weight excluding hydrogens is 599 g/mol. The molecule has 5 heterocycles. The van der Waals surface area contributed by atoms with Gasteiger partial charge in [-0.2, -0.15) is 0 Å². The van der Waals surface area contributed by atoms with Crippen molar-refractivity contribution in [2.45, 2.75) is 84.0 Å². The second-order valence-electron chi connectivity index (χ2n) is 15.2. The van der Waals surface area contributed by atoms with Gasteiger partial charge in [0.05, 0.1) is 31.1 Å². The van der Waals surface area contributed by atoms with Gasteiger partial charge in [-0.15, -0.1) is 0 Å². The standard InChI is InChI=1S/C36H49FN6O4/c1-24-18-40(29(19-39-14-15-46-22-25(39)2)20-42(24)34(45)47-35(3,4)5)21-31(44)43-23-36(6,7)32-30(43)17-27(33-38-12-13-41(32)33)16-26-8-10-28(37)11-9-26/h8-13,17,24-25,29H,14-16,18-23H2,1-7H3/t24-,25-,29+/m1/s1. The molecule has 6 rings (SSSR count). The maximum Gasteiger partial charge on any atom is 0.410 e. The Morgan fingerprint density at radius 1 is 1.09 bits per heavy atom. The first-order chi connectivity index (χ1) is 22.2. The van der Waals surface area contributed by atoms with E-state index in [2.05, 4.69) is 46.0 Å². The first-order valence-electron chi connectivity index (χ1n) is 16.8. The summed E-state index contributed by atoms with van der Waals surface area (Å²) < 4.78 is 27.3. The predicted octanol–water partition coefficient (Wildman–Crippen LogP) is 4.72. The van der Waals surface area contributed by atoms with Gasteiger partial charge in [-0.3, -0.25) is 14.6 Å². The summed E-state index contributed by atoms with van der Waals surface area (Å²) in [7, 11) is 0. The van der Waals surface area contributed by atoms with E-state index in [1.165, 1.54) is 12.1 Å². The molecule has 47 heavy (non-hydrogen) atoms. The Labute approximate surface area is 277 Å². The van der Waals surface area contributed by atoms with Crippen molar-refractivity contribution in [3.05, 3.63) is 65.4 Å². The van der Waals surface area contributed by atoms with Crippen LogP contribution in [-0.2, 0) is 26.1 Å². The summed E-state index contributed by atoms with van der Waals surface area (Å²) in [5.41, 5.74) is 3.86. The van der Waals surface area contributed by atoms with Gasteiger partial charge in [-0.1, -0.05) is 26.0 Å². The molecule has 11 heteroatoms. The van der Waals surface area contributed by atoms with Gasteiger partial charge in [0.15, 0.2) is 0 Å². The summed E-state index contributed by atoms with van der Waals surface area (Å²) in [5.74, 6) is -0.239. The zero-order valence-corrected chi connectivity index (χ0v) is 28.8. The number of fused-ring (bicyclic) bond motifs is 3. The number of amides is 2. The van der Waals surface area contributed by atoms with Gasteiger partial charge in [-0.05, 0) is 58.4 Å². The van der Waals surface area contributed by atoms with Crippen LogP contribution in [-0.4, -0.2) is 112 Å². The Bertz CT molecular complexity index is 1620. The second kappa shape index (κ2) is 12.8. The lowest BCUT2D eigenvalue weighted by Gasteiger charge is -2.47. The highest BCUT2D eigenvalue weighted by atomic mass is 19.1. The van der Waals surface area contributed by atoms with Crippen LogP contribution in [0.1, 0.15) is 65.3 Å². The number of rotatable bonds is 6. The normalized spacial score (nSPS) is 23.7. The molecule has 3 atom stereocenters. The molecule has 1 aromatic carbocycles. The monoisotopic (exact) mass is 648 g/mol. The van der Waals surface area contributed by atoms with Crippen LogP contribution < -0.4 is 4.90 Å². The number of benzene rings is 1. The number of aromatic nitrogens is 2. The predicted molar refractivity (Wildman–Crippen MR) is 179 cm³/mol. The molecule has 0 radical (unpaired) electrons. The Balaban J connectivity index is 1.28. The van der Waals surface area contributed by atoms with Crippen LogP contribution in [0, 0.1) is 5.82 Å². The lowest BCUT2D eigenvalue weighted by molar-refractivity contribution is -0.121. The van der Waals surface area contributed by atoms with Crippen LogP contribution >= 0.6 is 0 Å². The summed E-state index contributed by atoms with van der Waals surface area (Å²) in [4.78, 5) is 40.8. The van der Waals surface area contributed by atoms with E-state index in [4.69, 9.17) is 9.47 Å². The smallest absolute Gasteiger partial charge is 0.410 e. The van der Waals surface area contributed by atoms with Crippen molar-refractivity contribution in [3.63, 3.8) is 0 Å². The van der Waals surface area contributed by atoms with Crippen LogP contribution in [0.15, 0.2) is 42.7 Å². The molecule has 0 aliphatic carbocycles. The van der Waals surface area contributed by atoms with Gasteiger partial charge < -0.3 is 23.7 Å². The van der Waals surface area contributed by atoms with Gasteiger partial charge >= 0.3 is 6.09 Å². The van der Waals surface area contributed by atoms with E-state index in [1.807, 2.05) is 43.7 Å². The zero-order chi connectivity index (χ0) is 33.7. The second-order valence-corrected chi connectivity index (χ2v) is 15.2. The van der Waals surface area contributed by atoms with Gasteiger partial charge in [-0.25, -0.2) is 14.2 Å². The number of morpholine rings is 1. The lowest BCUT2D eigenvalue weighted by atomic mass is 9.90. The van der Waals surface area contributed by atoms with Crippen molar-refractivity contribution < 1.29 is 23.5 Å². The number of carbonyl (C=O) groups is 2. The number of imidazole rings is 1. The fourth-order valence-corrected chi connectivity index (χ4v) is 7.37. The average molecular weight is 649 g/mol. The van der Waals surface area contributed by atoms with Crippen LogP contribution in [0.2, 0.25) is 0 Å². The number of pyridine rings is 1. The molecule has 3 aliphatic rings. The molecule has 2 fully saturated rings. The third-order valence-corrected chi connectivity index (χ3v) is 9.69. The van der Waals surface area contributed by atoms with Crippen molar-refractivity contribution in [2.75, 3.05) is 57.4 Å². The van der Waals surface area contributed by atoms with Gasteiger partial charge in [0.1, 0.15) is 17.1 Å². The van der Waals surface area contributed by atoms with E-state index >= 15 is 0 Å². The van der Waals surface area contributed by atoms with E-state index in [0.717, 1.165) is 41.2 Å².